The van der Waals surface area contributed by atoms with E-state index in [9.17, 15) is 24.6 Å². The lowest BCUT2D eigenvalue weighted by atomic mass is 9.99. The molecule has 1 heterocycles. The van der Waals surface area contributed by atoms with Crippen LogP contribution in [0.4, 0.5) is 4.79 Å². The Bertz CT molecular complexity index is 1090. The third kappa shape index (κ3) is 5.09. The highest BCUT2D eigenvalue weighted by molar-refractivity contribution is 5.81. The summed E-state index contributed by atoms with van der Waals surface area (Å²) in [6, 6.07) is 13.6. The van der Waals surface area contributed by atoms with Gasteiger partial charge in [0.1, 0.15) is 12.7 Å². The maximum atomic E-state index is 12.0. The van der Waals surface area contributed by atoms with Gasteiger partial charge in [0.2, 0.25) is 0 Å². The van der Waals surface area contributed by atoms with Crippen molar-refractivity contribution in [3.05, 3.63) is 80.6 Å². The Morgan fingerprint density at radius 3 is 2.62 bits per heavy atom. The lowest BCUT2D eigenvalue weighted by Crippen LogP contribution is -2.30. The molecule has 0 aliphatic rings. The molecule has 9 nitrogen and oxygen atoms in total. The van der Waals surface area contributed by atoms with Gasteiger partial charge in [-0.25, -0.2) is 14.4 Å². The first-order valence-corrected chi connectivity index (χ1v) is 8.92. The number of carbonyl (C=O) groups is 1. The quantitative estimate of drug-likeness (QED) is 0.467. The van der Waals surface area contributed by atoms with Crippen LogP contribution in [-0.4, -0.2) is 33.9 Å². The van der Waals surface area contributed by atoms with Gasteiger partial charge in [-0.2, -0.15) is 0 Å². The van der Waals surface area contributed by atoms with E-state index in [2.05, 4.69) is 14.7 Å². The number of hydrogen-bond acceptors (Lipinski definition) is 7. The van der Waals surface area contributed by atoms with Crippen LogP contribution in [0.3, 0.4) is 0 Å². The monoisotopic (exact) mass is 400 g/mol. The number of aromatic amines is 1. The fraction of sp³-hybridized carbons (Fsp3) is 0.250. The van der Waals surface area contributed by atoms with Crippen molar-refractivity contribution >= 4 is 17.0 Å². The van der Waals surface area contributed by atoms with Gasteiger partial charge < -0.3 is 24.7 Å². The number of fused-ring (bicyclic) bond motifs is 1. The Morgan fingerprint density at radius 1 is 1.10 bits per heavy atom. The smallest absolute Gasteiger partial charge is 0.419 e. The summed E-state index contributed by atoms with van der Waals surface area (Å²) in [5.74, 6) is -0.909. The zero-order chi connectivity index (χ0) is 20.8. The summed E-state index contributed by atoms with van der Waals surface area (Å²) in [5.41, 5.74) is 0.239. The number of nitrogens with one attached hydrogen (secondary N) is 2. The van der Waals surface area contributed by atoms with Crippen molar-refractivity contribution in [2.75, 3.05) is 6.54 Å². The van der Waals surface area contributed by atoms with Crippen LogP contribution in [0.5, 0.6) is 0 Å². The zero-order valence-electron chi connectivity index (χ0n) is 15.3. The first-order valence-electron chi connectivity index (χ1n) is 8.92. The average Bonchev–Trinajstić information content (AvgIpc) is 2.71. The van der Waals surface area contributed by atoms with E-state index in [0.29, 0.717) is 0 Å². The molecule has 3 aromatic rings. The first-order chi connectivity index (χ1) is 14.0. The van der Waals surface area contributed by atoms with Gasteiger partial charge >= 0.3 is 17.5 Å². The lowest BCUT2D eigenvalue weighted by Gasteiger charge is -2.19. The van der Waals surface area contributed by atoms with Crippen LogP contribution in [0.1, 0.15) is 23.7 Å². The van der Waals surface area contributed by atoms with Crippen molar-refractivity contribution in [3.8, 4) is 0 Å². The number of benzene rings is 2. The van der Waals surface area contributed by atoms with Crippen molar-refractivity contribution in [2.45, 2.75) is 25.2 Å². The van der Waals surface area contributed by atoms with E-state index in [4.69, 9.17) is 4.74 Å². The molecule has 0 saturated carbocycles. The van der Waals surface area contributed by atoms with Crippen LogP contribution >= 0.6 is 0 Å². The molecule has 0 aliphatic heterocycles. The number of aromatic nitrogens is 1. The summed E-state index contributed by atoms with van der Waals surface area (Å²) in [6.07, 6.45) is -3.35. The molecule has 1 aromatic heterocycles. The normalized spacial score (nSPS) is 13.0. The number of alkyl carbamates (subject to hydrolysis) is 1. The number of hydrogen-bond donors (Lipinski definition) is 4. The summed E-state index contributed by atoms with van der Waals surface area (Å²) in [4.78, 5) is 37.4. The van der Waals surface area contributed by atoms with E-state index in [1.807, 2.05) is 30.3 Å². The molecule has 1 amide bonds. The Morgan fingerprint density at radius 2 is 1.86 bits per heavy atom. The van der Waals surface area contributed by atoms with Crippen molar-refractivity contribution in [1.82, 2.24) is 10.3 Å². The SMILES string of the molecule is O=C(NCCC(O)C(O)c1cccc2[nH]c(=O)oc(=O)c12)OCc1ccccc1. The number of rotatable bonds is 7. The highest BCUT2D eigenvalue weighted by Gasteiger charge is 2.22. The minimum atomic E-state index is -1.42. The fourth-order valence-electron chi connectivity index (χ4n) is 2.88. The van der Waals surface area contributed by atoms with E-state index in [1.165, 1.54) is 18.2 Å². The number of carbonyl (C=O) groups excluding carboxylic acids is 1. The van der Waals surface area contributed by atoms with Crippen molar-refractivity contribution in [2.24, 2.45) is 0 Å². The maximum Gasteiger partial charge on any atom is 0.419 e. The second kappa shape index (κ2) is 9.18. The number of aliphatic hydroxyl groups is 2. The Hall–Kier alpha value is -3.43. The second-order valence-corrected chi connectivity index (χ2v) is 6.36. The lowest BCUT2D eigenvalue weighted by molar-refractivity contribution is 0.0144. The number of ether oxygens (including phenoxy) is 1. The van der Waals surface area contributed by atoms with Crippen molar-refractivity contribution in [1.29, 1.82) is 0 Å². The van der Waals surface area contributed by atoms with Crippen molar-refractivity contribution < 1.29 is 24.2 Å². The van der Waals surface area contributed by atoms with Gasteiger partial charge in [0.05, 0.1) is 17.0 Å². The molecule has 9 heteroatoms. The molecule has 0 saturated heterocycles. The fourth-order valence-corrected chi connectivity index (χ4v) is 2.88. The van der Waals surface area contributed by atoms with Crippen LogP contribution in [0.2, 0.25) is 0 Å². The summed E-state index contributed by atoms with van der Waals surface area (Å²) in [6.45, 7) is 0.157. The van der Waals surface area contributed by atoms with Crippen molar-refractivity contribution in [3.63, 3.8) is 0 Å². The molecular formula is C20H20N2O7. The van der Waals surface area contributed by atoms with Gasteiger partial charge in [-0.15, -0.1) is 0 Å². The third-order valence-electron chi connectivity index (χ3n) is 4.33. The van der Waals surface area contributed by atoms with Gasteiger partial charge in [0.15, 0.2) is 0 Å². The summed E-state index contributed by atoms with van der Waals surface area (Å²) < 4.78 is 9.56. The van der Waals surface area contributed by atoms with Gasteiger partial charge in [-0.3, -0.25) is 4.98 Å². The largest absolute Gasteiger partial charge is 0.445 e. The third-order valence-corrected chi connectivity index (χ3v) is 4.33. The Balaban J connectivity index is 1.56. The Kier molecular flexibility index (Phi) is 6.43. The molecule has 4 N–H and O–H groups in total. The molecule has 0 fully saturated rings. The molecule has 0 spiro atoms. The van der Waals surface area contributed by atoms with E-state index in [-0.39, 0.29) is 36.0 Å². The molecule has 2 atom stereocenters. The molecule has 29 heavy (non-hydrogen) atoms. The van der Waals surface area contributed by atoms with Crippen LogP contribution in [0.15, 0.2) is 62.5 Å². The van der Waals surface area contributed by atoms with E-state index in [1.54, 1.807) is 0 Å². The highest BCUT2D eigenvalue weighted by atomic mass is 16.5. The van der Waals surface area contributed by atoms with Gasteiger partial charge in [0.25, 0.3) is 0 Å². The molecular weight excluding hydrogens is 380 g/mol. The minimum Gasteiger partial charge on any atom is -0.445 e. The molecule has 0 aliphatic carbocycles. The standard InChI is InChI=1S/C20H20N2O7/c23-15(9-10-21-19(26)28-11-12-5-2-1-3-6-12)17(24)13-7-4-8-14-16(13)18(25)29-20(27)22-14/h1-8,15,17,23-24H,9-11H2,(H,21,26)(H,22,27). The highest BCUT2D eigenvalue weighted by Crippen LogP contribution is 2.24. The number of amides is 1. The summed E-state index contributed by atoms with van der Waals surface area (Å²) in [7, 11) is 0. The topological polar surface area (TPSA) is 142 Å². The van der Waals surface area contributed by atoms with E-state index in [0.717, 1.165) is 5.56 Å². The maximum absolute atomic E-state index is 12.0. The van der Waals surface area contributed by atoms with Gasteiger partial charge in [0, 0.05) is 6.54 Å². The zero-order valence-corrected chi connectivity index (χ0v) is 15.3. The van der Waals surface area contributed by atoms with Crippen LogP contribution in [0, 0.1) is 0 Å². The first kappa shape index (κ1) is 20.3. The molecule has 0 radical (unpaired) electrons. The molecule has 152 valence electrons. The summed E-state index contributed by atoms with van der Waals surface area (Å²) >= 11 is 0. The molecule has 3 rings (SSSR count). The average molecular weight is 400 g/mol. The summed E-state index contributed by atoms with van der Waals surface area (Å²) in [5, 5.41) is 23.1. The minimum absolute atomic E-state index is 0.00663. The molecule has 2 unspecified atom stereocenters. The predicted octanol–water partition coefficient (Wildman–Crippen LogP) is 1.19. The van der Waals surface area contributed by atoms with Crippen LogP contribution in [-0.2, 0) is 11.3 Å². The number of aliphatic hydroxyl groups excluding tert-OH is 2. The van der Waals surface area contributed by atoms with E-state index < -0.39 is 29.7 Å². The Labute approximate surface area is 164 Å². The van der Waals surface area contributed by atoms with Crippen LogP contribution < -0.4 is 16.7 Å². The number of H-pyrrole nitrogens is 1. The van der Waals surface area contributed by atoms with Gasteiger partial charge in [-0.1, -0.05) is 42.5 Å². The van der Waals surface area contributed by atoms with Gasteiger partial charge in [-0.05, 0) is 23.6 Å². The second-order valence-electron chi connectivity index (χ2n) is 6.36. The van der Waals surface area contributed by atoms with E-state index >= 15 is 0 Å². The molecule has 2 aromatic carbocycles. The predicted molar refractivity (Wildman–Crippen MR) is 103 cm³/mol. The van der Waals surface area contributed by atoms with Crippen LogP contribution in [0.25, 0.3) is 10.9 Å². The molecule has 0 bridgehead atoms.